The largest absolute Gasteiger partial charge is 0.356 e. The van der Waals surface area contributed by atoms with Crippen LogP contribution in [-0.4, -0.2) is 40.6 Å². The molecule has 0 radical (unpaired) electrons. The summed E-state index contributed by atoms with van der Waals surface area (Å²) in [4.78, 5) is 6.97. The number of rotatable bonds is 6. The molecule has 0 unspecified atom stereocenters. The molecule has 0 spiro atoms. The third-order valence-electron chi connectivity index (χ3n) is 4.13. The minimum Gasteiger partial charge on any atom is -0.356 e. The van der Waals surface area contributed by atoms with Crippen molar-refractivity contribution in [2.75, 3.05) is 26.0 Å². The zero-order valence-corrected chi connectivity index (χ0v) is 12.2. The lowest BCUT2D eigenvalue weighted by Crippen LogP contribution is -2.53. The number of nitrogens with one attached hydrogen (secondary N) is 1. The maximum absolute atomic E-state index is 4.58. The van der Waals surface area contributed by atoms with E-state index >= 15 is 0 Å². The van der Waals surface area contributed by atoms with Crippen LogP contribution >= 0.6 is 0 Å². The van der Waals surface area contributed by atoms with E-state index in [-0.39, 0.29) is 0 Å². The lowest BCUT2D eigenvalue weighted by Gasteiger charge is -2.47. The van der Waals surface area contributed by atoms with Crippen LogP contribution in [0.2, 0.25) is 0 Å². The minimum atomic E-state index is 0.343. The molecule has 1 N–H and O–H groups in total. The number of imidazole rings is 1. The molecule has 102 valence electrons. The molecule has 1 aliphatic rings. The van der Waals surface area contributed by atoms with Crippen LogP contribution in [0.25, 0.3) is 0 Å². The number of hydrogen-bond donors (Lipinski definition) is 1. The Hall–Kier alpha value is -1.03. The van der Waals surface area contributed by atoms with Crippen LogP contribution in [0.1, 0.15) is 38.3 Å². The van der Waals surface area contributed by atoms with Gasteiger partial charge in [-0.15, -0.1) is 0 Å². The highest BCUT2D eigenvalue weighted by atomic mass is 15.3. The van der Waals surface area contributed by atoms with Gasteiger partial charge in [0.2, 0.25) is 5.95 Å². The topological polar surface area (TPSA) is 33.1 Å². The average Bonchev–Trinajstić information content (AvgIpc) is 2.60. The summed E-state index contributed by atoms with van der Waals surface area (Å²) < 4.78 is 2.30. The van der Waals surface area contributed by atoms with Crippen LogP contribution in [-0.2, 0) is 6.54 Å². The van der Waals surface area contributed by atoms with E-state index in [1.807, 2.05) is 0 Å². The molecule has 1 aliphatic carbocycles. The second-order valence-corrected chi connectivity index (χ2v) is 5.73. The van der Waals surface area contributed by atoms with Crippen molar-refractivity contribution in [1.29, 1.82) is 0 Å². The zero-order valence-electron chi connectivity index (χ0n) is 12.2. The van der Waals surface area contributed by atoms with Gasteiger partial charge in [0.05, 0.1) is 5.69 Å². The number of aryl methyl sites for hydroxylation is 1. The van der Waals surface area contributed by atoms with E-state index in [0.29, 0.717) is 5.54 Å². The first-order chi connectivity index (χ1) is 8.57. The van der Waals surface area contributed by atoms with E-state index in [1.54, 1.807) is 0 Å². The van der Waals surface area contributed by atoms with Gasteiger partial charge < -0.3 is 14.8 Å². The molecule has 0 aliphatic heterocycles. The van der Waals surface area contributed by atoms with Crippen molar-refractivity contribution in [2.24, 2.45) is 0 Å². The molecule has 1 aromatic rings. The van der Waals surface area contributed by atoms with Gasteiger partial charge in [0.15, 0.2) is 0 Å². The summed E-state index contributed by atoms with van der Waals surface area (Å²) in [6.45, 7) is 6.29. The average molecular weight is 250 g/mol. The van der Waals surface area contributed by atoms with Crippen molar-refractivity contribution in [3.8, 4) is 0 Å². The first-order valence-electron chi connectivity index (χ1n) is 7.02. The van der Waals surface area contributed by atoms with Gasteiger partial charge in [-0.3, -0.25) is 0 Å². The van der Waals surface area contributed by atoms with Crippen molar-refractivity contribution in [3.63, 3.8) is 0 Å². The molecule has 0 saturated heterocycles. The van der Waals surface area contributed by atoms with Crippen LogP contribution in [0.15, 0.2) is 6.20 Å². The highest BCUT2D eigenvalue weighted by Gasteiger charge is 2.39. The van der Waals surface area contributed by atoms with Gasteiger partial charge in [0.1, 0.15) is 0 Å². The van der Waals surface area contributed by atoms with Crippen LogP contribution < -0.4 is 5.32 Å². The fourth-order valence-corrected chi connectivity index (χ4v) is 2.69. The molecule has 0 atom stereocenters. The SMILES string of the molecule is CCCNc1nc(C)cn1CC1(N(C)C)CCC1. The monoisotopic (exact) mass is 250 g/mol. The first kappa shape index (κ1) is 13.4. The number of hydrogen-bond acceptors (Lipinski definition) is 3. The fourth-order valence-electron chi connectivity index (χ4n) is 2.69. The Morgan fingerprint density at radius 1 is 1.44 bits per heavy atom. The molecule has 1 saturated carbocycles. The zero-order chi connectivity index (χ0) is 13.2. The highest BCUT2D eigenvalue weighted by Crippen LogP contribution is 2.38. The van der Waals surface area contributed by atoms with E-state index in [1.165, 1.54) is 19.3 Å². The summed E-state index contributed by atoms with van der Waals surface area (Å²) in [6.07, 6.45) is 7.24. The Bertz CT molecular complexity index is 390. The van der Waals surface area contributed by atoms with Crippen molar-refractivity contribution >= 4 is 5.95 Å². The molecule has 4 nitrogen and oxygen atoms in total. The molecule has 4 heteroatoms. The Labute approximate surface area is 110 Å². The van der Waals surface area contributed by atoms with Crippen LogP contribution in [0, 0.1) is 6.92 Å². The standard InChI is InChI=1S/C14H26N4/c1-5-9-15-13-16-12(2)10-18(13)11-14(17(3)4)7-6-8-14/h10H,5-9,11H2,1-4H3,(H,15,16). The second kappa shape index (κ2) is 5.31. The minimum absolute atomic E-state index is 0.343. The number of likely N-dealkylation sites (N-methyl/N-ethyl adjacent to an activating group) is 1. The fraction of sp³-hybridized carbons (Fsp3) is 0.786. The maximum atomic E-state index is 4.58. The lowest BCUT2D eigenvalue weighted by molar-refractivity contribution is 0.0429. The third-order valence-corrected chi connectivity index (χ3v) is 4.13. The van der Waals surface area contributed by atoms with Crippen molar-refractivity contribution in [1.82, 2.24) is 14.5 Å². The Morgan fingerprint density at radius 2 is 2.17 bits per heavy atom. The molecule has 0 bridgehead atoms. The summed E-state index contributed by atoms with van der Waals surface area (Å²) in [5.41, 5.74) is 1.44. The van der Waals surface area contributed by atoms with Crippen molar-refractivity contribution < 1.29 is 0 Å². The third kappa shape index (κ3) is 2.53. The van der Waals surface area contributed by atoms with Gasteiger partial charge in [-0.05, 0) is 46.7 Å². The van der Waals surface area contributed by atoms with Gasteiger partial charge in [0.25, 0.3) is 0 Å². The van der Waals surface area contributed by atoms with Gasteiger partial charge in [-0.2, -0.15) is 0 Å². The maximum Gasteiger partial charge on any atom is 0.203 e. The van der Waals surface area contributed by atoms with E-state index in [0.717, 1.165) is 31.2 Å². The van der Waals surface area contributed by atoms with Crippen molar-refractivity contribution in [2.45, 2.75) is 51.6 Å². The molecular weight excluding hydrogens is 224 g/mol. The Morgan fingerprint density at radius 3 is 2.67 bits per heavy atom. The van der Waals surface area contributed by atoms with Gasteiger partial charge >= 0.3 is 0 Å². The lowest BCUT2D eigenvalue weighted by atomic mass is 9.75. The molecule has 0 aromatic carbocycles. The van der Waals surface area contributed by atoms with Gasteiger partial charge in [-0.1, -0.05) is 6.92 Å². The molecular formula is C14H26N4. The molecule has 1 aromatic heterocycles. The summed E-state index contributed by atoms with van der Waals surface area (Å²) in [5, 5.41) is 3.43. The van der Waals surface area contributed by atoms with E-state index in [2.05, 4.69) is 53.9 Å². The number of anilines is 1. The van der Waals surface area contributed by atoms with Gasteiger partial charge in [0, 0.05) is 24.8 Å². The summed E-state index contributed by atoms with van der Waals surface area (Å²) in [7, 11) is 4.39. The first-order valence-corrected chi connectivity index (χ1v) is 7.02. The smallest absolute Gasteiger partial charge is 0.203 e. The number of aromatic nitrogens is 2. The predicted molar refractivity (Wildman–Crippen MR) is 76.0 cm³/mol. The van der Waals surface area contributed by atoms with Crippen LogP contribution in [0.3, 0.4) is 0 Å². The molecule has 2 rings (SSSR count). The van der Waals surface area contributed by atoms with E-state index < -0.39 is 0 Å². The highest BCUT2D eigenvalue weighted by molar-refractivity contribution is 5.29. The van der Waals surface area contributed by atoms with Gasteiger partial charge in [-0.25, -0.2) is 4.98 Å². The Balaban J connectivity index is 2.12. The summed E-state index contributed by atoms with van der Waals surface area (Å²) in [5.74, 6) is 1.03. The number of nitrogens with zero attached hydrogens (tertiary/aromatic N) is 3. The van der Waals surface area contributed by atoms with E-state index in [9.17, 15) is 0 Å². The second-order valence-electron chi connectivity index (χ2n) is 5.73. The van der Waals surface area contributed by atoms with Crippen molar-refractivity contribution in [3.05, 3.63) is 11.9 Å². The molecule has 0 amide bonds. The normalized spacial score (nSPS) is 17.8. The molecule has 1 heterocycles. The summed E-state index contributed by atoms with van der Waals surface area (Å²) >= 11 is 0. The summed E-state index contributed by atoms with van der Waals surface area (Å²) in [6, 6.07) is 0. The Kier molecular flexibility index (Phi) is 3.95. The molecule has 18 heavy (non-hydrogen) atoms. The van der Waals surface area contributed by atoms with Crippen LogP contribution in [0.4, 0.5) is 5.95 Å². The van der Waals surface area contributed by atoms with E-state index in [4.69, 9.17) is 0 Å². The molecule has 1 fully saturated rings. The quantitative estimate of drug-likeness (QED) is 0.842. The van der Waals surface area contributed by atoms with Crippen LogP contribution in [0.5, 0.6) is 0 Å². The predicted octanol–water partition coefficient (Wildman–Crippen LogP) is 2.50.